The molecule has 226 valence electrons. The summed E-state index contributed by atoms with van der Waals surface area (Å²) >= 11 is 0. The van der Waals surface area contributed by atoms with E-state index in [0.717, 1.165) is 28.0 Å². The Balaban J connectivity index is 1.41. The van der Waals surface area contributed by atoms with Crippen LogP contribution in [-0.2, 0) is 50.1 Å². The number of hydrogen-bond acceptors (Lipinski definition) is 7. The van der Waals surface area contributed by atoms with Crippen molar-refractivity contribution < 1.29 is 23.7 Å². The van der Waals surface area contributed by atoms with Crippen molar-refractivity contribution in [3.8, 4) is 0 Å². The Morgan fingerprint density at radius 2 is 0.953 bits per heavy atom. The van der Waals surface area contributed by atoms with E-state index in [4.69, 9.17) is 23.7 Å². The van der Waals surface area contributed by atoms with Crippen molar-refractivity contribution in [1.82, 2.24) is 0 Å². The summed E-state index contributed by atoms with van der Waals surface area (Å²) in [5, 5.41) is 0. The van der Waals surface area contributed by atoms with Gasteiger partial charge in [0.25, 0.3) is 0 Å². The smallest absolute Gasteiger partial charge is 0.142 e. The zero-order chi connectivity index (χ0) is 29.5. The highest BCUT2D eigenvalue weighted by Gasteiger charge is 2.48. The lowest BCUT2D eigenvalue weighted by Gasteiger charge is -2.45. The number of hydrogen-bond donors (Lipinski definition) is 0. The van der Waals surface area contributed by atoms with Crippen LogP contribution in [0.15, 0.2) is 121 Å². The van der Waals surface area contributed by atoms with E-state index in [1.54, 1.807) is 21.6 Å². The van der Waals surface area contributed by atoms with Crippen LogP contribution in [-0.4, -0.2) is 42.2 Å². The Bertz CT molecular complexity index is 1300. The Morgan fingerprint density at radius 3 is 1.42 bits per heavy atom. The first-order valence-electron chi connectivity index (χ1n) is 14.8. The lowest BCUT2D eigenvalue weighted by Crippen LogP contribution is -2.60. The summed E-state index contributed by atoms with van der Waals surface area (Å²) in [4.78, 5) is 0. The van der Waals surface area contributed by atoms with Gasteiger partial charge in [0, 0.05) is 5.75 Å². The van der Waals surface area contributed by atoms with Crippen molar-refractivity contribution in [2.24, 2.45) is 0 Å². The second-order valence-corrected chi connectivity index (χ2v) is 13.1. The molecule has 0 unspecified atom stereocenters. The summed E-state index contributed by atoms with van der Waals surface area (Å²) in [7, 11) is 3.46. The van der Waals surface area contributed by atoms with Gasteiger partial charge in [0.15, 0.2) is 0 Å². The molecule has 1 aliphatic heterocycles. The van der Waals surface area contributed by atoms with Gasteiger partial charge in [-0.2, -0.15) is 0 Å². The van der Waals surface area contributed by atoms with Gasteiger partial charge in [-0.3, -0.25) is 0 Å². The maximum absolute atomic E-state index is 6.80. The van der Waals surface area contributed by atoms with E-state index in [2.05, 4.69) is 55.5 Å². The lowest BCUT2D eigenvalue weighted by molar-refractivity contribution is -0.254. The Morgan fingerprint density at radius 1 is 0.535 bits per heavy atom. The molecule has 0 spiro atoms. The lowest BCUT2D eigenvalue weighted by atomic mass is 9.98. The van der Waals surface area contributed by atoms with Crippen molar-refractivity contribution in [2.75, 3.05) is 12.4 Å². The first-order valence-corrected chi connectivity index (χ1v) is 17.2. The van der Waals surface area contributed by atoms with Crippen LogP contribution in [0.5, 0.6) is 0 Å². The van der Waals surface area contributed by atoms with E-state index in [9.17, 15) is 0 Å². The fraction of sp³-hybridized carbons (Fsp3) is 0.333. The van der Waals surface area contributed by atoms with Crippen LogP contribution in [0.3, 0.4) is 0 Å². The molecule has 0 bridgehead atoms. The van der Waals surface area contributed by atoms with E-state index >= 15 is 0 Å². The van der Waals surface area contributed by atoms with Crippen molar-refractivity contribution in [3.05, 3.63) is 144 Å². The summed E-state index contributed by atoms with van der Waals surface area (Å²) in [6.07, 6.45) is -1.51. The number of rotatable bonds is 16. The summed E-state index contributed by atoms with van der Waals surface area (Å²) in [6.45, 7) is 4.35. The average molecular weight is 617 g/mol. The molecule has 5 rings (SSSR count). The molecule has 7 heteroatoms. The Labute approximate surface area is 263 Å². The first-order chi connectivity index (χ1) is 21.3. The average Bonchev–Trinajstić information content (AvgIpc) is 3.07. The van der Waals surface area contributed by atoms with Crippen LogP contribution in [0.1, 0.15) is 29.2 Å². The van der Waals surface area contributed by atoms with Crippen molar-refractivity contribution >= 4 is 21.6 Å². The minimum absolute atomic E-state index is 0.267. The van der Waals surface area contributed by atoms with E-state index in [0.29, 0.717) is 33.0 Å². The minimum atomic E-state index is -0.413. The number of benzene rings is 4. The van der Waals surface area contributed by atoms with E-state index in [1.165, 1.54) is 0 Å². The van der Waals surface area contributed by atoms with Crippen LogP contribution in [0.25, 0.3) is 0 Å². The monoisotopic (exact) mass is 616 g/mol. The summed E-state index contributed by atoms with van der Waals surface area (Å²) in [6, 6.07) is 40.9. The molecule has 1 fully saturated rings. The quantitative estimate of drug-likeness (QED) is 0.118. The normalized spacial score (nSPS) is 21.9. The molecule has 5 nitrogen and oxygen atoms in total. The molecule has 1 heterocycles. The van der Waals surface area contributed by atoms with Crippen LogP contribution < -0.4 is 0 Å². The third-order valence-corrected chi connectivity index (χ3v) is 9.75. The second kappa shape index (κ2) is 17.6. The van der Waals surface area contributed by atoms with Crippen LogP contribution in [0.2, 0.25) is 0 Å². The van der Waals surface area contributed by atoms with Gasteiger partial charge >= 0.3 is 0 Å². The van der Waals surface area contributed by atoms with Gasteiger partial charge < -0.3 is 23.7 Å². The molecule has 43 heavy (non-hydrogen) atoms. The Kier molecular flexibility index (Phi) is 13.0. The molecular weight excluding hydrogens is 577 g/mol. The molecular formula is C36H40O5S2. The van der Waals surface area contributed by atoms with Gasteiger partial charge in [0.2, 0.25) is 0 Å². The van der Waals surface area contributed by atoms with Crippen LogP contribution in [0.4, 0.5) is 0 Å². The van der Waals surface area contributed by atoms with E-state index in [-0.39, 0.29) is 23.7 Å². The van der Waals surface area contributed by atoms with Gasteiger partial charge in [0.05, 0.1) is 33.0 Å². The Hall–Kier alpha value is -2.62. The van der Waals surface area contributed by atoms with Crippen LogP contribution >= 0.6 is 21.6 Å². The van der Waals surface area contributed by atoms with Gasteiger partial charge in [-0.1, -0.05) is 150 Å². The topological polar surface area (TPSA) is 46.2 Å². The molecule has 4 aromatic rings. The molecule has 0 aliphatic carbocycles. The fourth-order valence-electron chi connectivity index (χ4n) is 4.96. The number of ether oxygens (including phenoxy) is 5. The third-order valence-electron chi connectivity index (χ3n) is 7.12. The van der Waals surface area contributed by atoms with Gasteiger partial charge in [-0.15, -0.1) is 0 Å². The zero-order valence-electron chi connectivity index (χ0n) is 24.5. The summed E-state index contributed by atoms with van der Waals surface area (Å²) in [5.74, 6) is 0.953. The highest BCUT2D eigenvalue weighted by atomic mass is 33.1. The SMILES string of the molecule is CCSS[C@@H]1O[C@H](COCc2ccccc2)[C@@H](OCc2ccccc2)[C@H](OCc2ccccc2)[C@H]1OCc1ccccc1. The zero-order valence-corrected chi connectivity index (χ0v) is 26.2. The highest BCUT2D eigenvalue weighted by Crippen LogP contribution is 2.39. The van der Waals surface area contributed by atoms with Crippen molar-refractivity contribution in [1.29, 1.82) is 0 Å². The molecule has 0 N–H and O–H groups in total. The predicted molar refractivity (Wildman–Crippen MR) is 176 cm³/mol. The van der Waals surface area contributed by atoms with Crippen LogP contribution in [0, 0.1) is 0 Å². The summed E-state index contributed by atoms with van der Waals surface area (Å²) in [5.41, 5.74) is 4.14. The maximum Gasteiger partial charge on any atom is 0.142 e. The molecule has 5 atom stereocenters. The maximum atomic E-state index is 6.80. The fourth-order valence-corrected chi connectivity index (χ4v) is 7.04. The molecule has 0 amide bonds. The largest absolute Gasteiger partial charge is 0.374 e. The van der Waals surface area contributed by atoms with Gasteiger partial charge in [-0.25, -0.2) is 0 Å². The highest BCUT2D eigenvalue weighted by molar-refractivity contribution is 8.76. The van der Waals surface area contributed by atoms with E-state index < -0.39 is 6.10 Å². The molecule has 0 aromatic heterocycles. The molecule has 4 aromatic carbocycles. The molecule has 1 aliphatic rings. The van der Waals surface area contributed by atoms with Gasteiger partial charge in [0.1, 0.15) is 29.9 Å². The second-order valence-electron chi connectivity index (χ2n) is 10.3. The molecule has 1 saturated heterocycles. The summed E-state index contributed by atoms with van der Waals surface area (Å²) < 4.78 is 33.2. The molecule has 0 saturated carbocycles. The minimum Gasteiger partial charge on any atom is -0.374 e. The van der Waals surface area contributed by atoms with Crippen molar-refractivity contribution in [2.45, 2.75) is 63.2 Å². The predicted octanol–water partition coefficient (Wildman–Crippen LogP) is 8.09. The first kappa shape index (κ1) is 31.8. The standard InChI is InChI=1S/C36H40O5S2/c1-2-42-43-36-35(40-26-31-21-13-6-14-22-31)34(39-25-30-19-11-5-12-20-30)33(38-24-29-17-9-4-10-18-29)32(41-36)27-37-23-28-15-7-3-8-16-28/h3-22,32-36H,2,23-27H2,1H3/t32-,33-,34+,35-,36+/m1/s1. The molecule has 0 radical (unpaired) electrons. The third kappa shape index (κ3) is 9.95. The van der Waals surface area contributed by atoms with Gasteiger partial charge in [-0.05, 0) is 22.3 Å². The van der Waals surface area contributed by atoms with E-state index in [1.807, 2.05) is 72.8 Å². The van der Waals surface area contributed by atoms with Crippen molar-refractivity contribution in [3.63, 3.8) is 0 Å².